The number of thiol groups is 1. The highest BCUT2D eigenvalue weighted by Gasteiger charge is 2.07. The maximum Gasteiger partial charge on any atom is 0.261 e. The summed E-state index contributed by atoms with van der Waals surface area (Å²) in [6.45, 7) is 0. The number of hydrogen-bond acceptors (Lipinski definition) is 3. The lowest BCUT2D eigenvalue weighted by molar-refractivity contribution is 0.609. The fourth-order valence-electron chi connectivity index (χ4n) is 0.609. The first-order valence-electron chi connectivity index (χ1n) is 2.74. The van der Waals surface area contributed by atoms with Gasteiger partial charge in [0.25, 0.3) is 9.05 Å². The predicted octanol–water partition coefficient (Wildman–Crippen LogP) is 1.90. The standard InChI is InChI=1S/C6H5ClO2S2/c7-11(8,9)6-3-1-5(10)2-4-6/h1-4,10H. The van der Waals surface area contributed by atoms with Crippen molar-refractivity contribution in [2.45, 2.75) is 9.79 Å². The first-order valence-corrected chi connectivity index (χ1v) is 5.49. The molecule has 0 atom stereocenters. The third-order valence-electron chi connectivity index (χ3n) is 1.12. The Balaban J connectivity index is 3.20. The average molecular weight is 209 g/mol. The smallest absolute Gasteiger partial charge is 0.207 e. The van der Waals surface area contributed by atoms with Crippen molar-refractivity contribution in [3.63, 3.8) is 0 Å². The maximum absolute atomic E-state index is 10.7. The van der Waals surface area contributed by atoms with Crippen LogP contribution in [0.3, 0.4) is 0 Å². The topological polar surface area (TPSA) is 34.1 Å². The van der Waals surface area contributed by atoms with E-state index in [9.17, 15) is 8.42 Å². The molecule has 0 unspecified atom stereocenters. The molecule has 60 valence electrons. The molecule has 5 heteroatoms. The number of halogens is 1. The van der Waals surface area contributed by atoms with Gasteiger partial charge in [-0.05, 0) is 24.3 Å². The quantitative estimate of drug-likeness (QED) is 0.565. The summed E-state index contributed by atoms with van der Waals surface area (Å²) in [7, 11) is 1.48. The third kappa shape index (κ3) is 2.39. The van der Waals surface area contributed by atoms with E-state index < -0.39 is 9.05 Å². The van der Waals surface area contributed by atoms with Crippen LogP contribution in [-0.2, 0) is 9.05 Å². The first-order chi connectivity index (χ1) is 5.00. The summed E-state index contributed by atoms with van der Waals surface area (Å²) in [6, 6.07) is 5.95. The largest absolute Gasteiger partial charge is 0.261 e. The number of hydrogen-bond donors (Lipinski definition) is 1. The second-order valence-electron chi connectivity index (χ2n) is 1.93. The summed E-state index contributed by atoms with van der Waals surface area (Å²) >= 11 is 3.99. The van der Waals surface area contributed by atoms with Gasteiger partial charge in [0.15, 0.2) is 0 Å². The van der Waals surface area contributed by atoms with Crippen molar-refractivity contribution >= 4 is 32.4 Å². The summed E-state index contributed by atoms with van der Waals surface area (Å²) in [4.78, 5) is 0.797. The van der Waals surface area contributed by atoms with E-state index in [2.05, 4.69) is 12.6 Å². The molecule has 0 amide bonds. The van der Waals surface area contributed by atoms with E-state index in [1.807, 2.05) is 0 Å². The molecule has 0 N–H and O–H groups in total. The molecule has 0 aliphatic carbocycles. The molecular formula is C6H5ClO2S2. The van der Waals surface area contributed by atoms with Crippen molar-refractivity contribution in [2.75, 3.05) is 0 Å². The molecule has 1 aromatic rings. The minimum atomic E-state index is -3.58. The van der Waals surface area contributed by atoms with Crippen molar-refractivity contribution in [3.05, 3.63) is 24.3 Å². The molecule has 11 heavy (non-hydrogen) atoms. The highest BCUT2D eigenvalue weighted by atomic mass is 35.7. The lowest BCUT2D eigenvalue weighted by atomic mass is 10.4. The van der Waals surface area contributed by atoms with Gasteiger partial charge in [-0.1, -0.05) is 0 Å². The van der Waals surface area contributed by atoms with E-state index >= 15 is 0 Å². The Labute approximate surface area is 75.0 Å². The van der Waals surface area contributed by atoms with E-state index in [1.54, 1.807) is 12.1 Å². The van der Waals surface area contributed by atoms with Crippen LogP contribution in [0.2, 0.25) is 0 Å². The summed E-state index contributed by atoms with van der Waals surface area (Å²) in [5, 5.41) is 0. The minimum Gasteiger partial charge on any atom is -0.207 e. The zero-order chi connectivity index (χ0) is 8.48. The van der Waals surface area contributed by atoms with Crippen LogP contribution in [0.1, 0.15) is 0 Å². The Morgan fingerprint density at radius 2 is 1.64 bits per heavy atom. The number of rotatable bonds is 1. The monoisotopic (exact) mass is 208 g/mol. The zero-order valence-corrected chi connectivity index (χ0v) is 7.83. The molecule has 0 aromatic heterocycles. The average Bonchev–Trinajstić information content (AvgIpc) is 1.86. The van der Waals surface area contributed by atoms with Gasteiger partial charge in [-0.25, -0.2) is 8.42 Å². The molecule has 0 saturated heterocycles. The molecule has 1 rings (SSSR count). The van der Waals surface area contributed by atoms with E-state index in [0.29, 0.717) is 4.90 Å². The molecule has 0 aliphatic rings. The van der Waals surface area contributed by atoms with Gasteiger partial charge in [-0.15, -0.1) is 12.6 Å². The lowest BCUT2D eigenvalue weighted by Crippen LogP contribution is -1.88. The Hall–Kier alpha value is -0.190. The zero-order valence-electron chi connectivity index (χ0n) is 5.36. The van der Waals surface area contributed by atoms with E-state index in [1.165, 1.54) is 12.1 Å². The Morgan fingerprint density at radius 1 is 1.18 bits per heavy atom. The maximum atomic E-state index is 10.7. The van der Waals surface area contributed by atoms with Gasteiger partial charge in [0.1, 0.15) is 0 Å². The molecule has 0 saturated carbocycles. The molecule has 0 heterocycles. The van der Waals surface area contributed by atoms with Crippen LogP contribution in [-0.4, -0.2) is 8.42 Å². The van der Waals surface area contributed by atoms with Crippen molar-refractivity contribution in [1.29, 1.82) is 0 Å². The van der Waals surface area contributed by atoms with Crippen molar-refractivity contribution in [3.8, 4) is 0 Å². The van der Waals surface area contributed by atoms with Crippen molar-refractivity contribution in [1.82, 2.24) is 0 Å². The summed E-state index contributed by atoms with van der Waals surface area (Å²) < 4.78 is 21.4. The SMILES string of the molecule is O=S(=O)(Cl)c1ccc(S)cc1. The Kier molecular flexibility index (Phi) is 2.47. The predicted molar refractivity (Wildman–Crippen MR) is 46.7 cm³/mol. The van der Waals surface area contributed by atoms with Crippen LogP contribution < -0.4 is 0 Å². The van der Waals surface area contributed by atoms with Crippen LogP contribution in [0.4, 0.5) is 0 Å². The molecule has 0 aliphatic heterocycles. The lowest BCUT2D eigenvalue weighted by Gasteiger charge is -1.94. The Bertz CT molecular complexity index is 341. The Morgan fingerprint density at radius 3 is 2.00 bits per heavy atom. The molecule has 0 radical (unpaired) electrons. The van der Waals surface area contributed by atoms with Gasteiger partial charge in [0.2, 0.25) is 0 Å². The van der Waals surface area contributed by atoms with Gasteiger partial charge in [-0.2, -0.15) is 0 Å². The molecule has 0 fully saturated rings. The van der Waals surface area contributed by atoms with Gasteiger partial charge >= 0.3 is 0 Å². The molecule has 0 spiro atoms. The van der Waals surface area contributed by atoms with Crippen molar-refractivity contribution < 1.29 is 8.42 Å². The summed E-state index contributed by atoms with van der Waals surface area (Å²) in [6.07, 6.45) is 0. The van der Waals surface area contributed by atoms with Crippen LogP contribution in [0, 0.1) is 0 Å². The summed E-state index contributed by atoms with van der Waals surface area (Å²) in [5.41, 5.74) is 0. The number of benzene rings is 1. The highest BCUT2D eigenvalue weighted by molar-refractivity contribution is 8.13. The van der Waals surface area contributed by atoms with Crippen LogP contribution in [0.5, 0.6) is 0 Å². The molecule has 1 aromatic carbocycles. The second-order valence-corrected chi connectivity index (χ2v) is 5.01. The fourth-order valence-corrected chi connectivity index (χ4v) is 1.53. The normalized spacial score (nSPS) is 11.5. The van der Waals surface area contributed by atoms with Crippen LogP contribution in [0.25, 0.3) is 0 Å². The third-order valence-corrected chi connectivity index (χ3v) is 2.79. The van der Waals surface area contributed by atoms with Gasteiger partial charge in [0, 0.05) is 15.6 Å². The van der Waals surface area contributed by atoms with Gasteiger partial charge < -0.3 is 0 Å². The minimum absolute atomic E-state index is 0.0944. The summed E-state index contributed by atoms with van der Waals surface area (Å²) in [5.74, 6) is 0. The molecular weight excluding hydrogens is 204 g/mol. The molecule has 0 bridgehead atoms. The first kappa shape index (κ1) is 8.90. The van der Waals surface area contributed by atoms with E-state index in [0.717, 1.165) is 0 Å². The van der Waals surface area contributed by atoms with Gasteiger partial charge in [0.05, 0.1) is 4.90 Å². The highest BCUT2D eigenvalue weighted by Crippen LogP contribution is 2.16. The van der Waals surface area contributed by atoms with E-state index in [4.69, 9.17) is 10.7 Å². The van der Waals surface area contributed by atoms with Crippen LogP contribution in [0.15, 0.2) is 34.1 Å². The fraction of sp³-hybridized carbons (Fsp3) is 0. The van der Waals surface area contributed by atoms with E-state index in [-0.39, 0.29) is 4.90 Å². The van der Waals surface area contributed by atoms with Crippen LogP contribution >= 0.6 is 23.3 Å². The van der Waals surface area contributed by atoms with Gasteiger partial charge in [-0.3, -0.25) is 0 Å². The van der Waals surface area contributed by atoms with Crippen molar-refractivity contribution in [2.24, 2.45) is 0 Å². The second kappa shape index (κ2) is 3.05. The molecule has 2 nitrogen and oxygen atoms in total.